The number of halogens is 1. The minimum atomic E-state index is -0.618. The fourth-order valence-electron chi connectivity index (χ4n) is 1.75. The molecule has 88 valence electrons. The summed E-state index contributed by atoms with van der Waals surface area (Å²) in [5.74, 6) is 0.0506. The molecule has 0 saturated carbocycles. The molecule has 4 N–H and O–H groups in total. The molecule has 1 heterocycles. The van der Waals surface area contributed by atoms with Crippen LogP contribution in [0.4, 0.5) is 5.69 Å². The first-order valence-corrected chi connectivity index (χ1v) is 5.01. The van der Waals surface area contributed by atoms with Gasteiger partial charge in [0.2, 0.25) is 5.91 Å². The van der Waals surface area contributed by atoms with E-state index in [1.165, 1.54) is 0 Å². The molecule has 2 rings (SSSR count). The maximum absolute atomic E-state index is 11.1. The van der Waals surface area contributed by atoms with Crippen molar-refractivity contribution in [2.24, 2.45) is 5.73 Å². The number of rotatable bonds is 2. The zero-order valence-corrected chi connectivity index (χ0v) is 9.59. The molecule has 0 aromatic heterocycles. The summed E-state index contributed by atoms with van der Waals surface area (Å²) in [6.45, 7) is 0.213. The summed E-state index contributed by atoms with van der Waals surface area (Å²) in [5.41, 5.74) is 8.11. The Kier molecular flexibility index (Phi) is 4.29. The average molecular weight is 243 g/mol. The number of aryl methyl sites for hydroxylation is 1. The molecule has 0 radical (unpaired) electrons. The van der Waals surface area contributed by atoms with Gasteiger partial charge in [0.25, 0.3) is 0 Å². The fraction of sp³-hybridized carbons (Fsp3) is 0.364. The van der Waals surface area contributed by atoms with Crippen LogP contribution in [0.25, 0.3) is 0 Å². The molecule has 1 aliphatic heterocycles. The molecule has 1 amide bonds. The number of benzene rings is 1. The van der Waals surface area contributed by atoms with Crippen molar-refractivity contribution < 1.29 is 9.90 Å². The lowest BCUT2D eigenvalue weighted by molar-refractivity contribution is -0.116. The van der Waals surface area contributed by atoms with Crippen molar-refractivity contribution >= 4 is 24.0 Å². The van der Waals surface area contributed by atoms with Crippen LogP contribution in [-0.4, -0.2) is 17.6 Å². The number of anilines is 1. The van der Waals surface area contributed by atoms with Crippen molar-refractivity contribution in [1.82, 2.24) is 0 Å². The predicted molar refractivity (Wildman–Crippen MR) is 64.7 cm³/mol. The highest BCUT2D eigenvalue weighted by Crippen LogP contribution is 2.25. The first-order chi connectivity index (χ1) is 7.20. The fourth-order valence-corrected chi connectivity index (χ4v) is 1.75. The van der Waals surface area contributed by atoms with Gasteiger partial charge in [-0.05, 0) is 23.6 Å². The van der Waals surface area contributed by atoms with Gasteiger partial charge in [0.05, 0.1) is 6.10 Å². The molecule has 1 aliphatic rings. The summed E-state index contributed by atoms with van der Waals surface area (Å²) in [5, 5.41) is 12.4. The Morgan fingerprint density at radius 2 is 2.19 bits per heavy atom. The summed E-state index contributed by atoms with van der Waals surface area (Å²) < 4.78 is 0. The predicted octanol–water partition coefficient (Wildman–Crippen LogP) is 0.985. The Morgan fingerprint density at radius 1 is 1.44 bits per heavy atom. The highest BCUT2D eigenvalue weighted by atomic mass is 35.5. The summed E-state index contributed by atoms with van der Waals surface area (Å²) in [7, 11) is 0. The summed E-state index contributed by atoms with van der Waals surface area (Å²) >= 11 is 0. The third-order valence-corrected chi connectivity index (χ3v) is 2.63. The van der Waals surface area contributed by atoms with Crippen LogP contribution in [0.5, 0.6) is 0 Å². The number of carbonyl (C=O) groups is 1. The topological polar surface area (TPSA) is 75.3 Å². The van der Waals surface area contributed by atoms with Gasteiger partial charge in [0.15, 0.2) is 0 Å². The van der Waals surface area contributed by atoms with Gasteiger partial charge in [-0.3, -0.25) is 4.79 Å². The van der Waals surface area contributed by atoms with E-state index in [0.29, 0.717) is 6.42 Å². The van der Waals surface area contributed by atoms with Crippen LogP contribution in [0.2, 0.25) is 0 Å². The summed E-state index contributed by atoms with van der Waals surface area (Å²) in [6.07, 6.45) is 0.620. The Bertz CT molecular complexity index is 396. The molecule has 0 spiro atoms. The van der Waals surface area contributed by atoms with Crippen LogP contribution in [0.15, 0.2) is 18.2 Å². The molecule has 16 heavy (non-hydrogen) atoms. The highest BCUT2D eigenvalue weighted by molar-refractivity contribution is 5.93. The van der Waals surface area contributed by atoms with E-state index in [1.54, 1.807) is 6.07 Å². The SMILES string of the molecule is Cl.NCC(O)c1ccc2c(c1)CCC(=O)N2. The second-order valence-corrected chi connectivity index (χ2v) is 3.72. The lowest BCUT2D eigenvalue weighted by Gasteiger charge is -2.18. The molecule has 0 bridgehead atoms. The van der Waals surface area contributed by atoms with Crippen LogP contribution in [0.1, 0.15) is 23.7 Å². The third-order valence-electron chi connectivity index (χ3n) is 2.63. The van der Waals surface area contributed by atoms with E-state index in [2.05, 4.69) is 5.32 Å². The third kappa shape index (κ3) is 2.52. The van der Waals surface area contributed by atoms with E-state index in [-0.39, 0.29) is 24.9 Å². The largest absolute Gasteiger partial charge is 0.387 e. The first-order valence-electron chi connectivity index (χ1n) is 5.01. The lowest BCUT2D eigenvalue weighted by Crippen LogP contribution is -2.19. The Balaban J connectivity index is 0.00000128. The maximum Gasteiger partial charge on any atom is 0.224 e. The number of amides is 1. The number of aliphatic hydroxyl groups excluding tert-OH is 1. The number of nitrogens with one attached hydrogen (secondary N) is 1. The number of hydrogen-bond acceptors (Lipinski definition) is 3. The minimum absolute atomic E-state index is 0. The summed E-state index contributed by atoms with van der Waals surface area (Å²) in [6, 6.07) is 5.52. The molecule has 0 fully saturated rings. The molecule has 4 nitrogen and oxygen atoms in total. The van der Waals surface area contributed by atoms with Crippen molar-refractivity contribution in [3.05, 3.63) is 29.3 Å². The van der Waals surface area contributed by atoms with Gasteiger partial charge in [0, 0.05) is 18.7 Å². The van der Waals surface area contributed by atoms with Crippen molar-refractivity contribution in [3.63, 3.8) is 0 Å². The number of nitrogens with two attached hydrogens (primary N) is 1. The number of aliphatic hydroxyl groups is 1. The van der Waals surface area contributed by atoms with Gasteiger partial charge < -0.3 is 16.2 Å². The van der Waals surface area contributed by atoms with Crippen LogP contribution in [0.3, 0.4) is 0 Å². The smallest absolute Gasteiger partial charge is 0.224 e. The highest BCUT2D eigenvalue weighted by Gasteiger charge is 2.16. The molecule has 1 unspecified atom stereocenters. The first kappa shape index (κ1) is 13.0. The van der Waals surface area contributed by atoms with E-state index in [1.807, 2.05) is 12.1 Å². The quantitative estimate of drug-likeness (QED) is 0.724. The van der Waals surface area contributed by atoms with Crippen LogP contribution in [0, 0.1) is 0 Å². The van der Waals surface area contributed by atoms with Crippen LogP contribution in [-0.2, 0) is 11.2 Å². The van der Waals surface area contributed by atoms with Gasteiger partial charge in [-0.1, -0.05) is 12.1 Å². The number of hydrogen-bond donors (Lipinski definition) is 3. The van der Waals surface area contributed by atoms with Crippen molar-refractivity contribution in [2.75, 3.05) is 11.9 Å². The van der Waals surface area contributed by atoms with Gasteiger partial charge in [-0.25, -0.2) is 0 Å². The van der Waals surface area contributed by atoms with Gasteiger partial charge >= 0.3 is 0 Å². The van der Waals surface area contributed by atoms with E-state index < -0.39 is 6.10 Å². The second-order valence-electron chi connectivity index (χ2n) is 3.72. The minimum Gasteiger partial charge on any atom is -0.387 e. The van der Waals surface area contributed by atoms with E-state index >= 15 is 0 Å². The van der Waals surface area contributed by atoms with Gasteiger partial charge in [-0.2, -0.15) is 0 Å². The van der Waals surface area contributed by atoms with Crippen molar-refractivity contribution in [2.45, 2.75) is 18.9 Å². The number of fused-ring (bicyclic) bond motifs is 1. The van der Waals surface area contributed by atoms with Gasteiger partial charge in [0.1, 0.15) is 0 Å². The molecule has 1 atom stereocenters. The van der Waals surface area contributed by atoms with E-state index in [4.69, 9.17) is 5.73 Å². The number of carbonyl (C=O) groups excluding carboxylic acids is 1. The normalized spacial score (nSPS) is 15.8. The van der Waals surface area contributed by atoms with Crippen molar-refractivity contribution in [3.8, 4) is 0 Å². The summed E-state index contributed by atoms with van der Waals surface area (Å²) in [4.78, 5) is 11.1. The van der Waals surface area contributed by atoms with E-state index in [0.717, 1.165) is 23.2 Å². The molecule has 0 saturated heterocycles. The Morgan fingerprint density at radius 3 is 2.88 bits per heavy atom. The van der Waals surface area contributed by atoms with Crippen molar-refractivity contribution in [1.29, 1.82) is 0 Å². The van der Waals surface area contributed by atoms with Crippen LogP contribution >= 0.6 is 12.4 Å². The second kappa shape index (κ2) is 5.30. The molecule has 1 aromatic carbocycles. The monoisotopic (exact) mass is 242 g/mol. The zero-order valence-electron chi connectivity index (χ0n) is 8.77. The Labute approximate surface area is 100 Å². The molecule has 5 heteroatoms. The molecule has 0 aliphatic carbocycles. The standard InChI is InChI=1S/C11H14N2O2.ClH/c12-6-10(14)8-1-3-9-7(5-8)2-4-11(15)13-9;/h1,3,5,10,14H,2,4,6,12H2,(H,13,15);1H. The maximum atomic E-state index is 11.1. The van der Waals surface area contributed by atoms with Crippen LogP contribution < -0.4 is 11.1 Å². The zero-order chi connectivity index (χ0) is 10.8. The molecular formula is C11H15ClN2O2. The Hall–Kier alpha value is -1.10. The van der Waals surface area contributed by atoms with E-state index in [9.17, 15) is 9.90 Å². The average Bonchev–Trinajstić information content (AvgIpc) is 2.27. The molecular weight excluding hydrogens is 228 g/mol. The van der Waals surface area contributed by atoms with Gasteiger partial charge in [-0.15, -0.1) is 12.4 Å². The lowest BCUT2D eigenvalue weighted by atomic mass is 9.98. The molecule has 1 aromatic rings.